The Morgan fingerprint density at radius 3 is 2.36 bits per heavy atom. The lowest BCUT2D eigenvalue weighted by Crippen LogP contribution is -2.33. The monoisotopic (exact) mass is 478 g/mol. The van der Waals surface area contributed by atoms with Gasteiger partial charge in [0.05, 0.1) is 11.4 Å². The summed E-state index contributed by atoms with van der Waals surface area (Å²) in [6.45, 7) is 4.44. The van der Waals surface area contributed by atoms with E-state index in [4.69, 9.17) is 23.1 Å². The molecule has 7 heteroatoms. The van der Waals surface area contributed by atoms with E-state index >= 15 is 0 Å². The molecule has 1 heterocycles. The van der Waals surface area contributed by atoms with E-state index in [1.54, 1.807) is 4.90 Å². The molecule has 2 amide bonds. The van der Waals surface area contributed by atoms with Crippen LogP contribution in [0.2, 0.25) is 5.02 Å². The number of hydrogen-bond donors (Lipinski definition) is 2. The molecule has 0 fully saturated rings. The zero-order valence-electron chi connectivity index (χ0n) is 19.1. The topological polar surface area (TPSA) is 75.6 Å². The maximum Gasteiger partial charge on any atom is 0.324 e. The average molecular weight is 479 g/mol. The van der Waals surface area contributed by atoms with Crippen LogP contribution >= 0.6 is 22.9 Å². The summed E-state index contributed by atoms with van der Waals surface area (Å²) in [6.07, 6.45) is 0. The van der Waals surface area contributed by atoms with Gasteiger partial charge in [0.15, 0.2) is 0 Å². The Kier molecular flexibility index (Phi) is 6.34. The van der Waals surface area contributed by atoms with Gasteiger partial charge in [-0.05, 0) is 54.8 Å². The second-order valence-electron chi connectivity index (χ2n) is 8.25. The van der Waals surface area contributed by atoms with Crippen LogP contribution in [0.4, 0.5) is 21.2 Å². The summed E-state index contributed by atoms with van der Waals surface area (Å²) in [5, 5.41) is 2.37. The van der Waals surface area contributed by atoms with E-state index in [-0.39, 0.29) is 6.54 Å². The highest BCUT2D eigenvalue weighted by atomic mass is 35.5. The van der Waals surface area contributed by atoms with Crippen LogP contribution in [0.15, 0.2) is 54.6 Å². The molecule has 0 radical (unpaired) electrons. The molecule has 1 aromatic heterocycles. The van der Waals surface area contributed by atoms with Crippen molar-refractivity contribution in [2.24, 2.45) is 11.5 Å². The van der Waals surface area contributed by atoms with Crippen molar-refractivity contribution in [3.05, 3.63) is 76.3 Å². The summed E-state index contributed by atoms with van der Waals surface area (Å²) in [4.78, 5) is 16.6. The van der Waals surface area contributed by atoms with Crippen LogP contribution in [0.3, 0.4) is 0 Å². The summed E-state index contributed by atoms with van der Waals surface area (Å²) in [6, 6.07) is 17.2. The number of rotatable bonds is 5. The van der Waals surface area contributed by atoms with Crippen molar-refractivity contribution in [3.8, 4) is 11.1 Å². The lowest BCUT2D eigenvalue weighted by Gasteiger charge is -2.28. The van der Waals surface area contributed by atoms with E-state index in [0.717, 1.165) is 37.5 Å². The summed E-state index contributed by atoms with van der Waals surface area (Å²) in [7, 11) is 3.87. The summed E-state index contributed by atoms with van der Waals surface area (Å²) >= 11 is 8.20. The number of thiophene rings is 1. The molecule has 5 nitrogen and oxygen atoms in total. The molecule has 0 bridgehead atoms. The van der Waals surface area contributed by atoms with Crippen molar-refractivity contribution in [2.75, 3.05) is 23.9 Å². The van der Waals surface area contributed by atoms with Gasteiger partial charge in [-0.3, -0.25) is 4.90 Å². The molecule has 3 aromatic carbocycles. The van der Waals surface area contributed by atoms with Gasteiger partial charge >= 0.3 is 6.03 Å². The van der Waals surface area contributed by atoms with Crippen molar-refractivity contribution in [3.63, 3.8) is 0 Å². The third-order valence-electron chi connectivity index (χ3n) is 5.88. The first-order valence-electron chi connectivity index (χ1n) is 10.6. The van der Waals surface area contributed by atoms with Gasteiger partial charge in [0, 0.05) is 46.9 Å². The molecule has 0 aliphatic rings. The third kappa shape index (κ3) is 4.06. The Balaban J connectivity index is 2.14. The number of fused-ring (bicyclic) bond motifs is 1. The van der Waals surface area contributed by atoms with Crippen molar-refractivity contribution in [1.82, 2.24) is 0 Å². The van der Waals surface area contributed by atoms with E-state index in [0.29, 0.717) is 10.7 Å². The normalized spacial score (nSPS) is 11.1. The number of primary amides is 1. The summed E-state index contributed by atoms with van der Waals surface area (Å²) < 4.78 is 1.06. The number of halogens is 1. The number of hydrogen-bond acceptors (Lipinski definition) is 4. The zero-order valence-corrected chi connectivity index (χ0v) is 20.7. The Morgan fingerprint density at radius 1 is 1.03 bits per heavy atom. The number of amides is 2. The molecule has 4 rings (SSSR count). The predicted molar refractivity (Wildman–Crippen MR) is 142 cm³/mol. The van der Waals surface area contributed by atoms with Crippen molar-refractivity contribution in [1.29, 1.82) is 0 Å². The van der Waals surface area contributed by atoms with Gasteiger partial charge in [0.2, 0.25) is 0 Å². The van der Waals surface area contributed by atoms with Crippen LogP contribution < -0.4 is 21.3 Å². The van der Waals surface area contributed by atoms with Gasteiger partial charge in [-0.1, -0.05) is 41.9 Å². The van der Waals surface area contributed by atoms with Crippen molar-refractivity contribution in [2.45, 2.75) is 20.4 Å². The number of urea groups is 1. The van der Waals surface area contributed by atoms with Crippen LogP contribution in [0.25, 0.3) is 21.2 Å². The molecule has 0 spiro atoms. The van der Waals surface area contributed by atoms with Gasteiger partial charge in [-0.15, -0.1) is 11.3 Å². The number of anilines is 3. The van der Waals surface area contributed by atoms with Crippen LogP contribution in [0.5, 0.6) is 0 Å². The summed E-state index contributed by atoms with van der Waals surface area (Å²) in [5.41, 5.74) is 18.6. The minimum absolute atomic E-state index is 0.269. The standard InChI is InChI=1S/C26H27ClN4OS/c1-15-12-19-22(13-16(15)2)33-25(23(19)18-9-5-6-10-20(18)27)31(26(29)32)24-17(14-28)8-7-11-21(24)30(3)4/h5-13H,14,28H2,1-4H3,(H2,29,32). The second-order valence-corrected chi connectivity index (χ2v) is 9.69. The molecule has 4 N–H and O–H groups in total. The Hall–Kier alpha value is -3.06. The first-order chi connectivity index (χ1) is 15.7. The van der Waals surface area contributed by atoms with Gasteiger partial charge < -0.3 is 16.4 Å². The molecule has 0 aliphatic heterocycles. The fraction of sp³-hybridized carbons (Fsp3) is 0.192. The van der Waals surface area contributed by atoms with Crippen molar-refractivity contribution < 1.29 is 4.79 Å². The third-order valence-corrected chi connectivity index (χ3v) is 7.34. The Labute approximate surface area is 203 Å². The number of para-hydroxylation sites is 1. The smallest absolute Gasteiger partial charge is 0.324 e. The van der Waals surface area contributed by atoms with E-state index in [1.165, 1.54) is 22.5 Å². The zero-order chi connectivity index (χ0) is 23.9. The number of benzene rings is 3. The van der Waals surface area contributed by atoms with Crippen LogP contribution in [-0.2, 0) is 6.54 Å². The van der Waals surface area contributed by atoms with E-state index < -0.39 is 6.03 Å². The maximum atomic E-state index is 13.1. The molecule has 4 aromatic rings. The highest BCUT2D eigenvalue weighted by molar-refractivity contribution is 7.24. The number of carbonyl (C=O) groups is 1. The molecular weight excluding hydrogens is 452 g/mol. The number of aryl methyl sites for hydroxylation is 2. The Bertz CT molecular complexity index is 1360. The van der Waals surface area contributed by atoms with Crippen molar-refractivity contribution >= 4 is 55.4 Å². The van der Waals surface area contributed by atoms with Gasteiger partial charge in [-0.25, -0.2) is 4.79 Å². The van der Waals surface area contributed by atoms with Crippen LogP contribution in [0, 0.1) is 13.8 Å². The molecule has 0 saturated carbocycles. The minimum Gasteiger partial charge on any atom is -0.376 e. The Morgan fingerprint density at radius 2 is 1.73 bits per heavy atom. The quantitative estimate of drug-likeness (QED) is 0.340. The fourth-order valence-electron chi connectivity index (χ4n) is 4.09. The molecule has 0 aliphatic carbocycles. The lowest BCUT2D eigenvalue weighted by atomic mass is 9.99. The highest BCUT2D eigenvalue weighted by Gasteiger charge is 2.29. The fourth-order valence-corrected chi connectivity index (χ4v) is 5.63. The first kappa shape index (κ1) is 23.1. The molecule has 0 atom stereocenters. The molecule has 0 unspecified atom stereocenters. The molecular formula is C26H27ClN4OS. The molecule has 170 valence electrons. The van der Waals surface area contributed by atoms with Crippen LogP contribution in [-0.4, -0.2) is 20.1 Å². The number of nitrogens with zero attached hydrogens (tertiary/aromatic N) is 2. The first-order valence-corrected chi connectivity index (χ1v) is 11.8. The SMILES string of the molecule is Cc1cc2sc(N(C(N)=O)c3c(CN)cccc3N(C)C)c(-c3ccccc3Cl)c2cc1C. The largest absolute Gasteiger partial charge is 0.376 e. The maximum absolute atomic E-state index is 13.1. The van der Waals surface area contributed by atoms with Gasteiger partial charge in [-0.2, -0.15) is 0 Å². The second kappa shape index (κ2) is 9.06. The molecule has 0 saturated heterocycles. The number of carbonyl (C=O) groups excluding carboxylic acids is 1. The summed E-state index contributed by atoms with van der Waals surface area (Å²) in [5.74, 6) is 0. The van der Waals surface area contributed by atoms with E-state index in [1.807, 2.05) is 61.5 Å². The number of nitrogens with two attached hydrogens (primary N) is 2. The van der Waals surface area contributed by atoms with Crippen LogP contribution in [0.1, 0.15) is 16.7 Å². The lowest BCUT2D eigenvalue weighted by molar-refractivity contribution is 0.256. The van der Waals surface area contributed by atoms with Gasteiger partial charge in [0.1, 0.15) is 5.00 Å². The molecule has 33 heavy (non-hydrogen) atoms. The highest BCUT2D eigenvalue weighted by Crippen LogP contribution is 2.50. The van der Waals surface area contributed by atoms with E-state index in [2.05, 4.69) is 26.0 Å². The average Bonchev–Trinajstić information content (AvgIpc) is 3.11. The minimum atomic E-state index is -0.577. The van der Waals surface area contributed by atoms with Gasteiger partial charge in [0.25, 0.3) is 0 Å². The predicted octanol–water partition coefficient (Wildman–Crippen LogP) is 6.58. The van der Waals surface area contributed by atoms with E-state index in [9.17, 15) is 4.79 Å².